The van der Waals surface area contributed by atoms with E-state index in [4.69, 9.17) is 0 Å². The lowest BCUT2D eigenvalue weighted by atomic mass is 9.98. The van der Waals surface area contributed by atoms with Crippen molar-refractivity contribution >= 4 is 0 Å². The van der Waals surface area contributed by atoms with Gasteiger partial charge >= 0.3 is 0 Å². The first kappa shape index (κ1) is 12.7. The first-order valence-electron chi connectivity index (χ1n) is 5.77. The van der Waals surface area contributed by atoms with Crippen LogP contribution in [0.4, 0.5) is 13.2 Å². The van der Waals surface area contributed by atoms with Crippen LogP contribution in [0, 0.1) is 24.4 Å². The average Bonchev–Trinajstić information content (AvgIpc) is 2.27. The molecule has 2 rings (SSSR count). The highest BCUT2D eigenvalue weighted by Crippen LogP contribution is 2.28. The van der Waals surface area contributed by atoms with Crippen molar-refractivity contribution in [1.29, 1.82) is 0 Å². The molecule has 2 aromatic rings. The second-order valence-electron chi connectivity index (χ2n) is 4.24. The molecule has 94 valence electrons. The Bertz CT molecular complexity index is 565. The van der Waals surface area contributed by atoms with Crippen molar-refractivity contribution in [2.24, 2.45) is 0 Å². The van der Waals surface area contributed by atoms with Crippen LogP contribution in [0.25, 0.3) is 11.1 Å². The Morgan fingerprint density at radius 3 is 2.06 bits per heavy atom. The summed E-state index contributed by atoms with van der Waals surface area (Å²) < 4.78 is 40.1. The van der Waals surface area contributed by atoms with E-state index in [1.807, 2.05) is 19.9 Å². The topological polar surface area (TPSA) is 0 Å². The van der Waals surface area contributed by atoms with Crippen molar-refractivity contribution in [1.82, 2.24) is 0 Å². The summed E-state index contributed by atoms with van der Waals surface area (Å²) in [7, 11) is 0. The number of rotatable bonds is 2. The van der Waals surface area contributed by atoms with Gasteiger partial charge in [-0.2, -0.15) is 0 Å². The van der Waals surface area contributed by atoms with Crippen LogP contribution in [-0.4, -0.2) is 0 Å². The van der Waals surface area contributed by atoms with Gasteiger partial charge in [-0.25, -0.2) is 13.2 Å². The minimum Gasteiger partial charge on any atom is -0.207 e. The van der Waals surface area contributed by atoms with Crippen molar-refractivity contribution in [2.45, 2.75) is 20.3 Å². The molecule has 0 nitrogen and oxygen atoms in total. The van der Waals surface area contributed by atoms with Crippen LogP contribution in [0.5, 0.6) is 0 Å². The summed E-state index contributed by atoms with van der Waals surface area (Å²) in [6.07, 6.45) is 0.862. The molecule has 0 saturated heterocycles. The van der Waals surface area contributed by atoms with Crippen molar-refractivity contribution in [2.75, 3.05) is 0 Å². The van der Waals surface area contributed by atoms with Crippen LogP contribution in [0.1, 0.15) is 18.1 Å². The molecule has 0 aromatic heterocycles. The maximum Gasteiger partial charge on any atom is 0.136 e. The maximum absolute atomic E-state index is 13.6. The standard InChI is InChI=1S/C15H13F3/c1-3-10-4-5-11(6-9(10)2)15-13(17)7-12(16)8-14(15)18/h4-8H,3H2,1-2H3. The van der Waals surface area contributed by atoms with Gasteiger partial charge in [0.25, 0.3) is 0 Å². The first-order valence-corrected chi connectivity index (χ1v) is 5.77. The minimum atomic E-state index is -0.907. The molecule has 0 N–H and O–H groups in total. The van der Waals surface area contributed by atoms with Crippen LogP contribution >= 0.6 is 0 Å². The Hall–Kier alpha value is -1.77. The van der Waals surface area contributed by atoms with E-state index in [2.05, 4.69) is 0 Å². The van der Waals surface area contributed by atoms with Crippen molar-refractivity contribution in [3.63, 3.8) is 0 Å². The van der Waals surface area contributed by atoms with Gasteiger partial charge in [-0.3, -0.25) is 0 Å². The Labute approximate surface area is 104 Å². The molecule has 0 unspecified atom stereocenters. The van der Waals surface area contributed by atoms with Crippen LogP contribution in [0.2, 0.25) is 0 Å². The average molecular weight is 250 g/mol. The van der Waals surface area contributed by atoms with Crippen LogP contribution in [0.3, 0.4) is 0 Å². The molecule has 3 heteroatoms. The highest BCUT2D eigenvalue weighted by Gasteiger charge is 2.14. The van der Waals surface area contributed by atoms with Crippen LogP contribution in [0.15, 0.2) is 30.3 Å². The van der Waals surface area contributed by atoms with Gasteiger partial charge in [0.1, 0.15) is 17.5 Å². The van der Waals surface area contributed by atoms with Gasteiger partial charge in [-0.15, -0.1) is 0 Å². The van der Waals surface area contributed by atoms with Gasteiger partial charge < -0.3 is 0 Å². The summed E-state index contributed by atoms with van der Waals surface area (Å²) in [6.45, 7) is 3.91. The third-order valence-corrected chi connectivity index (χ3v) is 3.02. The van der Waals surface area contributed by atoms with Gasteiger partial charge in [-0.1, -0.05) is 25.1 Å². The molecule has 0 atom stereocenters. The highest BCUT2D eigenvalue weighted by molar-refractivity contribution is 5.66. The lowest BCUT2D eigenvalue weighted by molar-refractivity contribution is 0.548. The second kappa shape index (κ2) is 4.84. The quantitative estimate of drug-likeness (QED) is 0.728. The fourth-order valence-electron chi connectivity index (χ4n) is 2.07. The smallest absolute Gasteiger partial charge is 0.136 e. The Kier molecular flexibility index (Phi) is 3.41. The molecule has 0 radical (unpaired) electrons. The van der Waals surface area contributed by atoms with E-state index in [0.717, 1.165) is 17.5 Å². The summed E-state index contributed by atoms with van der Waals surface area (Å²) in [4.78, 5) is 0. The summed E-state index contributed by atoms with van der Waals surface area (Å²) in [5, 5.41) is 0. The highest BCUT2D eigenvalue weighted by atomic mass is 19.1. The Balaban J connectivity index is 2.59. The second-order valence-corrected chi connectivity index (χ2v) is 4.24. The molecule has 0 aliphatic rings. The predicted octanol–water partition coefficient (Wildman–Crippen LogP) is 4.64. The van der Waals surface area contributed by atoms with E-state index in [0.29, 0.717) is 17.7 Å². The zero-order valence-electron chi connectivity index (χ0n) is 10.2. The van der Waals surface area contributed by atoms with Crippen LogP contribution in [-0.2, 0) is 6.42 Å². The van der Waals surface area contributed by atoms with Gasteiger partial charge in [0.2, 0.25) is 0 Å². The number of hydrogen-bond donors (Lipinski definition) is 0. The molecule has 0 fully saturated rings. The molecular weight excluding hydrogens is 237 g/mol. The van der Waals surface area contributed by atoms with Crippen molar-refractivity contribution in [3.05, 3.63) is 58.9 Å². The van der Waals surface area contributed by atoms with Gasteiger partial charge in [0.15, 0.2) is 0 Å². The summed E-state index contributed by atoms with van der Waals surface area (Å²) in [6, 6.07) is 6.61. The summed E-state index contributed by atoms with van der Waals surface area (Å²) in [5.41, 5.74) is 2.35. The van der Waals surface area contributed by atoms with Gasteiger partial charge in [0.05, 0.1) is 5.56 Å². The molecular formula is C15H13F3. The van der Waals surface area contributed by atoms with E-state index in [1.54, 1.807) is 12.1 Å². The fourth-order valence-corrected chi connectivity index (χ4v) is 2.07. The number of aryl methyl sites for hydroxylation is 2. The zero-order valence-corrected chi connectivity index (χ0v) is 10.2. The van der Waals surface area contributed by atoms with E-state index < -0.39 is 17.5 Å². The summed E-state index contributed by atoms with van der Waals surface area (Å²) >= 11 is 0. The number of benzene rings is 2. The fraction of sp³-hybridized carbons (Fsp3) is 0.200. The minimum absolute atomic E-state index is 0.179. The Morgan fingerprint density at radius 1 is 0.944 bits per heavy atom. The van der Waals surface area contributed by atoms with E-state index in [9.17, 15) is 13.2 Å². The van der Waals surface area contributed by atoms with Crippen molar-refractivity contribution < 1.29 is 13.2 Å². The molecule has 18 heavy (non-hydrogen) atoms. The molecule has 0 heterocycles. The summed E-state index contributed by atoms with van der Waals surface area (Å²) in [5.74, 6) is -2.66. The largest absolute Gasteiger partial charge is 0.207 e. The number of hydrogen-bond acceptors (Lipinski definition) is 0. The molecule has 0 aliphatic heterocycles. The van der Waals surface area contributed by atoms with Crippen LogP contribution < -0.4 is 0 Å². The lowest BCUT2D eigenvalue weighted by Gasteiger charge is -2.09. The molecule has 2 aromatic carbocycles. The normalized spacial score (nSPS) is 10.7. The Morgan fingerprint density at radius 2 is 1.56 bits per heavy atom. The third kappa shape index (κ3) is 2.26. The van der Waals surface area contributed by atoms with Gasteiger partial charge in [-0.05, 0) is 30.0 Å². The molecule has 0 aliphatic carbocycles. The van der Waals surface area contributed by atoms with E-state index >= 15 is 0 Å². The van der Waals surface area contributed by atoms with Crippen molar-refractivity contribution in [3.8, 4) is 11.1 Å². The third-order valence-electron chi connectivity index (χ3n) is 3.02. The molecule has 0 saturated carbocycles. The zero-order chi connectivity index (χ0) is 13.3. The SMILES string of the molecule is CCc1ccc(-c2c(F)cc(F)cc2F)cc1C. The van der Waals surface area contributed by atoms with Gasteiger partial charge in [0, 0.05) is 12.1 Å². The van der Waals surface area contributed by atoms with E-state index in [1.165, 1.54) is 0 Å². The first-order chi connectivity index (χ1) is 8.52. The predicted molar refractivity (Wildman–Crippen MR) is 65.9 cm³/mol. The molecule has 0 bridgehead atoms. The van der Waals surface area contributed by atoms with E-state index in [-0.39, 0.29) is 5.56 Å². The number of halogens is 3. The molecule has 0 spiro atoms. The maximum atomic E-state index is 13.6. The lowest BCUT2D eigenvalue weighted by Crippen LogP contribution is -1.94. The molecule has 0 amide bonds. The monoisotopic (exact) mass is 250 g/mol.